The Kier molecular flexibility index (Phi) is 3.92. The van der Waals surface area contributed by atoms with Crippen molar-refractivity contribution >= 4 is 28.3 Å². The molecule has 128 valence electrons. The summed E-state index contributed by atoms with van der Waals surface area (Å²) in [5.74, 6) is -2.30. The van der Waals surface area contributed by atoms with E-state index in [0.29, 0.717) is 5.13 Å². The number of aryl methyl sites for hydroxylation is 1. The molecule has 4 atom stereocenters. The van der Waals surface area contributed by atoms with Crippen LogP contribution in [-0.4, -0.2) is 22.0 Å². The molecule has 2 bridgehead atoms. The highest BCUT2D eigenvalue weighted by atomic mass is 32.1. The maximum Gasteiger partial charge on any atom is 0.307 e. The summed E-state index contributed by atoms with van der Waals surface area (Å²) in [6.45, 7) is 1.97. The van der Waals surface area contributed by atoms with Gasteiger partial charge in [-0.1, -0.05) is 42.5 Å². The van der Waals surface area contributed by atoms with E-state index in [1.54, 1.807) is 0 Å². The van der Waals surface area contributed by atoms with E-state index in [1.807, 2.05) is 49.4 Å². The lowest BCUT2D eigenvalue weighted by Crippen LogP contribution is -2.36. The molecule has 1 aromatic carbocycles. The van der Waals surface area contributed by atoms with Crippen molar-refractivity contribution in [2.75, 3.05) is 5.32 Å². The molecule has 0 aliphatic heterocycles. The highest BCUT2D eigenvalue weighted by Crippen LogP contribution is 2.48. The van der Waals surface area contributed by atoms with Gasteiger partial charge in [-0.25, -0.2) is 4.98 Å². The third kappa shape index (κ3) is 2.76. The predicted octanol–water partition coefficient (Wildman–Crippen LogP) is 3.58. The van der Waals surface area contributed by atoms with Gasteiger partial charge in [0, 0.05) is 10.4 Å². The zero-order valence-electron chi connectivity index (χ0n) is 13.7. The first-order valence-corrected chi connectivity index (χ1v) is 9.11. The summed E-state index contributed by atoms with van der Waals surface area (Å²) in [4.78, 5) is 29.9. The number of allylic oxidation sites excluding steroid dienone is 2. The monoisotopic (exact) mass is 354 g/mol. The van der Waals surface area contributed by atoms with Gasteiger partial charge in [-0.05, 0) is 25.2 Å². The van der Waals surface area contributed by atoms with E-state index in [-0.39, 0.29) is 17.7 Å². The number of nitrogens with one attached hydrogen (secondary N) is 1. The van der Waals surface area contributed by atoms with Crippen molar-refractivity contribution in [3.8, 4) is 11.3 Å². The Morgan fingerprint density at radius 2 is 1.84 bits per heavy atom. The van der Waals surface area contributed by atoms with Crippen molar-refractivity contribution in [1.29, 1.82) is 0 Å². The standard InChI is InChI=1S/C19H18N2O3S/c1-10-16(11-5-3-2-4-6-11)20-19(25-10)21-17(22)14-12-7-8-13(9-12)15(14)18(23)24/h2-8,12-15H,9H2,1H3,(H,23,24)(H,20,21,22)/t12-,13-,14+,15-/m0/s1. The maximum atomic E-state index is 12.7. The Balaban J connectivity index is 1.56. The average Bonchev–Trinajstić information content (AvgIpc) is 3.29. The van der Waals surface area contributed by atoms with Crippen molar-refractivity contribution in [3.63, 3.8) is 0 Å². The quantitative estimate of drug-likeness (QED) is 0.823. The number of carbonyl (C=O) groups is 2. The number of rotatable bonds is 4. The van der Waals surface area contributed by atoms with Gasteiger partial charge >= 0.3 is 5.97 Å². The van der Waals surface area contributed by atoms with Crippen LogP contribution >= 0.6 is 11.3 Å². The summed E-state index contributed by atoms with van der Waals surface area (Å²) in [5, 5.41) is 12.9. The van der Waals surface area contributed by atoms with Gasteiger partial charge in [0.2, 0.25) is 5.91 Å². The van der Waals surface area contributed by atoms with E-state index in [9.17, 15) is 14.7 Å². The molecule has 1 heterocycles. The van der Waals surface area contributed by atoms with Crippen LogP contribution in [0.1, 0.15) is 11.3 Å². The number of hydrogen-bond acceptors (Lipinski definition) is 4. The third-order valence-electron chi connectivity index (χ3n) is 5.12. The number of amides is 1. The van der Waals surface area contributed by atoms with Crippen LogP contribution in [0.4, 0.5) is 5.13 Å². The highest BCUT2D eigenvalue weighted by Gasteiger charge is 2.51. The minimum atomic E-state index is -0.891. The van der Waals surface area contributed by atoms with E-state index >= 15 is 0 Å². The Bertz CT molecular complexity index is 859. The van der Waals surface area contributed by atoms with Crippen LogP contribution in [0.2, 0.25) is 0 Å². The zero-order valence-corrected chi connectivity index (χ0v) is 14.5. The lowest BCUT2D eigenvalue weighted by atomic mass is 9.82. The Labute approximate surface area is 149 Å². The highest BCUT2D eigenvalue weighted by molar-refractivity contribution is 7.16. The summed E-state index contributed by atoms with van der Waals surface area (Å²) in [6.07, 6.45) is 4.67. The van der Waals surface area contributed by atoms with Gasteiger partial charge in [0.25, 0.3) is 0 Å². The van der Waals surface area contributed by atoms with E-state index in [2.05, 4.69) is 10.3 Å². The summed E-state index contributed by atoms with van der Waals surface area (Å²) in [6, 6.07) is 9.81. The molecule has 0 saturated heterocycles. The molecule has 0 radical (unpaired) electrons. The summed E-state index contributed by atoms with van der Waals surface area (Å²) < 4.78 is 0. The molecule has 4 rings (SSSR count). The number of aromatic nitrogens is 1. The number of aliphatic carboxylic acids is 1. The molecule has 5 nitrogen and oxygen atoms in total. The predicted molar refractivity (Wildman–Crippen MR) is 96.3 cm³/mol. The Morgan fingerprint density at radius 1 is 1.16 bits per heavy atom. The summed E-state index contributed by atoms with van der Waals surface area (Å²) >= 11 is 1.42. The molecule has 1 fully saturated rings. The van der Waals surface area contributed by atoms with Crippen LogP contribution in [0.5, 0.6) is 0 Å². The number of benzene rings is 1. The second-order valence-electron chi connectivity index (χ2n) is 6.62. The van der Waals surface area contributed by atoms with Gasteiger partial charge in [-0.15, -0.1) is 11.3 Å². The van der Waals surface area contributed by atoms with Gasteiger partial charge in [0.1, 0.15) is 0 Å². The Morgan fingerprint density at radius 3 is 2.52 bits per heavy atom. The van der Waals surface area contributed by atoms with E-state index in [1.165, 1.54) is 11.3 Å². The summed E-state index contributed by atoms with van der Waals surface area (Å²) in [5.41, 5.74) is 1.85. The molecule has 2 N–H and O–H groups in total. The van der Waals surface area contributed by atoms with Crippen LogP contribution in [0.3, 0.4) is 0 Å². The molecule has 1 aromatic heterocycles. The molecule has 25 heavy (non-hydrogen) atoms. The lowest BCUT2D eigenvalue weighted by molar-refractivity contribution is -0.146. The first kappa shape index (κ1) is 16.0. The molecule has 2 aromatic rings. The number of nitrogens with zero attached hydrogens (tertiary/aromatic N) is 1. The zero-order chi connectivity index (χ0) is 17.6. The van der Waals surface area contributed by atoms with Crippen molar-refractivity contribution in [2.45, 2.75) is 13.3 Å². The second-order valence-corrected chi connectivity index (χ2v) is 7.82. The van der Waals surface area contributed by atoms with Crippen molar-refractivity contribution in [1.82, 2.24) is 4.98 Å². The maximum absolute atomic E-state index is 12.7. The van der Waals surface area contributed by atoms with Crippen LogP contribution in [-0.2, 0) is 9.59 Å². The minimum absolute atomic E-state index is 0.0146. The second kappa shape index (κ2) is 6.11. The van der Waals surface area contributed by atoms with Crippen LogP contribution in [0.25, 0.3) is 11.3 Å². The Hall–Kier alpha value is -2.47. The van der Waals surface area contributed by atoms with Crippen molar-refractivity contribution in [3.05, 3.63) is 47.4 Å². The number of carboxylic acid groups (broad SMARTS) is 1. The molecule has 0 unspecified atom stereocenters. The van der Waals surface area contributed by atoms with E-state index < -0.39 is 17.8 Å². The first-order valence-electron chi connectivity index (χ1n) is 8.29. The lowest BCUT2D eigenvalue weighted by Gasteiger charge is -2.23. The number of carbonyl (C=O) groups excluding carboxylic acids is 1. The van der Waals surface area contributed by atoms with E-state index in [0.717, 1.165) is 22.6 Å². The molecule has 6 heteroatoms. The van der Waals surface area contributed by atoms with Gasteiger partial charge in [0.15, 0.2) is 5.13 Å². The summed E-state index contributed by atoms with van der Waals surface area (Å²) in [7, 11) is 0. The molecule has 1 amide bonds. The molecule has 2 aliphatic rings. The fourth-order valence-electron chi connectivity index (χ4n) is 4.02. The van der Waals surface area contributed by atoms with Gasteiger partial charge < -0.3 is 10.4 Å². The minimum Gasteiger partial charge on any atom is -0.481 e. The fourth-order valence-corrected chi connectivity index (χ4v) is 4.86. The number of fused-ring (bicyclic) bond motifs is 2. The fraction of sp³-hybridized carbons (Fsp3) is 0.316. The SMILES string of the molecule is Cc1sc(NC(=O)[C@H]2[C@@H](C(=O)O)[C@H]3C=C[C@H]2C3)nc1-c1ccccc1. The van der Waals surface area contributed by atoms with Crippen LogP contribution in [0.15, 0.2) is 42.5 Å². The third-order valence-corrected chi connectivity index (χ3v) is 6.01. The van der Waals surface area contributed by atoms with E-state index in [4.69, 9.17) is 0 Å². The molecule has 1 saturated carbocycles. The number of thiazole rings is 1. The number of carboxylic acids is 1. The first-order chi connectivity index (χ1) is 12.0. The van der Waals surface area contributed by atoms with Gasteiger partial charge in [-0.2, -0.15) is 0 Å². The molecular formula is C19H18N2O3S. The van der Waals surface area contributed by atoms with Crippen molar-refractivity contribution in [2.24, 2.45) is 23.7 Å². The smallest absolute Gasteiger partial charge is 0.307 e. The largest absolute Gasteiger partial charge is 0.481 e. The van der Waals surface area contributed by atoms with Crippen LogP contribution < -0.4 is 5.32 Å². The molecule has 2 aliphatic carbocycles. The normalized spacial score (nSPS) is 26.8. The number of hydrogen-bond donors (Lipinski definition) is 2. The van der Waals surface area contributed by atoms with Crippen LogP contribution in [0, 0.1) is 30.6 Å². The molecular weight excluding hydrogens is 336 g/mol. The number of anilines is 1. The van der Waals surface area contributed by atoms with Gasteiger partial charge in [0.05, 0.1) is 17.5 Å². The van der Waals surface area contributed by atoms with Gasteiger partial charge in [-0.3, -0.25) is 9.59 Å². The molecule has 0 spiro atoms. The topological polar surface area (TPSA) is 79.3 Å². The average molecular weight is 354 g/mol. The van der Waals surface area contributed by atoms with Crippen molar-refractivity contribution < 1.29 is 14.7 Å².